The van der Waals surface area contributed by atoms with Crippen molar-refractivity contribution in [1.82, 2.24) is 9.78 Å². The van der Waals surface area contributed by atoms with E-state index < -0.39 is 18.5 Å². The quantitative estimate of drug-likeness (QED) is 0.446. The second-order valence-corrected chi connectivity index (χ2v) is 7.17. The molecule has 0 aliphatic rings. The number of rotatable bonds is 6. The lowest BCUT2D eigenvalue weighted by Gasteiger charge is -2.10. The molecule has 0 aliphatic heterocycles. The summed E-state index contributed by atoms with van der Waals surface area (Å²) in [7, 11) is 0. The van der Waals surface area contributed by atoms with E-state index in [1.807, 2.05) is 60.7 Å². The fourth-order valence-electron chi connectivity index (χ4n) is 3.19. The number of phenolic OH excluding ortho intramolecular Hbond substituents is 1. The van der Waals surface area contributed by atoms with Gasteiger partial charge in [-0.2, -0.15) is 5.10 Å². The first-order valence-corrected chi connectivity index (χ1v) is 9.99. The van der Waals surface area contributed by atoms with E-state index in [9.17, 15) is 14.7 Å². The molecule has 1 heterocycles. The minimum atomic E-state index is -0.779. The van der Waals surface area contributed by atoms with Crippen molar-refractivity contribution in [2.75, 3.05) is 11.9 Å². The molecule has 4 aromatic rings. The average molecular weight is 427 g/mol. The highest BCUT2D eigenvalue weighted by molar-refractivity contribution is 5.96. The zero-order valence-electron chi connectivity index (χ0n) is 17.4. The number of phenols is 1. The van der Waals surface area contributed by atoms with Gasteiger partial charge in [-0.1, -0.05) is 54.6 Å². The molecule has 0 radical (unpaired) electrons. The van der Waals surface area contributed by atoms with Crippen LogP contribution in [0, 0.1) is 6.92 Å². The fraction of sp³-hybridized carbons (Fsp3) is 0.0800. The number of nitrogens with one attached hydrogen (secondary N) is 1. The van der Waals surface area contributed by atoms with E-state index in [0.29, 0.717) is 11.5 Å². The van der Waals surface area contributed by atoms with Crippen molar-refractivity contribution in [3.8, 4) is 22.7 Å². The van der Waals surface area contributed by atoms with Gasteiger partial charge >= 0.3 is 5.97 Å². The van der Waals surface area contributed by atoms with Crippen LogP contribution in [0.5, 0.6) is 5.75 Å². The molecule has 0 aliphatic carbocycles. The van der Waals surface area contributed by atoms with E-state index in [2.05, 4.69) is 10.4 Å². The number of nitrogens with zero attached hydrogens (tertiary/aromatic N) is 2. The molecule has 0 fully saturated rings. The standard InChI is InChI=1S/C25H21N3O4/c1-17-12-13-20(22(29)14-17)25(31)32-16-24(30)26-23-15-21(18-8-4-2-5-9-18)27-28(23)19-10-6-3-7-11-19/h2-15,29H,16H2,1H3,(H,26,30). The summed E-state index contributed by atoms with van der Waals surface area (Å²) in [6.45, 7) is 1.29. The number of aryl methyl sites for hydroxylation is 1. The van der Waals surface area contributed by atoms with Crippen molar-refractivity contribution in [2.24, 2.45) is 0 Å². The van der Waals surface area contributed by atoms with Crippen LogP contribution in [0.4, 0.5) is 5.82 Å². The minimum absolute atomic E-state index is 0.00379. The van der Waals surface area contributed by atoms with Gasteiger partial charge in [0.2, 0.25) is 0 Å². The number of carbonyl (C=O) groups excluding carboxylic acids is 2. The predicted octanol–water partition coefficient (Wildman–Crippen LogP) is 4.35. The van der Waals surface area contributed by atoms with Gasteiger partial charge in [-0.25, -0.2) is 9.48 Å². The SMILES string of the molecule is Cc1ccc(C(=O)OCC(=O)Nc2cc(-c3ccccc3)nn2-c2ccccc2)c(O)c1. The number of ether oxygens (including phenoxy) is 1. The highest BCUT2D eigenvalue weighted by Crippen LogP contribution is 2.25. The van der Waals surface area contributed by atoms with Gasteiger partial charge in [0.25, 0.3) is 5.91 Å². The van der Waals surface area contributed by atoms with Crippen molar-refractivity contribution in [1.29, 1.82) is 0 Å². The number of anilines is 1. The second-order valence-electron chi connectivity index (χ2n) is 7.17. The van der Waals surface area contributed by atoms with Crippen molar-refractivity contribution < 1.29 is 19.4 Å². The summed E-state index contributed by atoms with van der Waals surface area (Å²) in [5, 5.41) is 17.3. The van der Waals surface area contributed by atoms with Crippen LogP contribution in [0.1, 0.15) is 15.9 Å². The number of amides is 1. The third-order valence-corrected chi connectivity index (χ3v) is 4.75. The summed E-state index contributed by atoms with van der Waals surface area (Å²) in [5.74, 6) is -1.06. The lowest BCUT2D eigenvalue weighted by atomic mass is 10.1. The van der Waals surface area contributed by atoms with Crippen LogP contribution in [0.3, 0.4) is 0 Å². The number of benzene rings is 3. The summed E-state index contributed by atoms with van der Waals surface area (Å²) in [6.07, 6.45) is 0. The molecule has 0 saturated heterocycles. The maximum Gasteiger partial charge on any atom is 0.342 e. The van der Waals surface area contributed by atoms with Crippen LogP contribution in [-0.4, -0.2) is 33.4 Å². The summed E-state index contributed by atoms with van der Waals surface area (Å²) in [4.78, 5) is 24.8. The average Bonchev–Trinajstić information content (AvgIpc) is 3.22. The summed E-state index contributed by atoms with van der Waals surface area (Å²) < 4.78 is 6.70. The van der Waals surface area contributed by atoms with Crippen LogP contribution in [0.2, 0.25) is 0 Å². The molecular formula is C25H21N3O4. The molecule has 0 atom stereocenters. The van der Waals surface area contributed by atoms with E-state index in [4.69, 9.17) is 4.74 Å². The van der Waals surface area contributed by atoms with Crippen molar-refractivity contribution in [3.63, 3.8) is 0 Å². The monoisotopic (exact) mass is 427 g/mol. The Morgan fingerprint density at radius 2 is 1.66 bits per heavy atom. The third-order valence-electron chi connectivity index (χ3n) is 4.75. The molecule has 7 nitrogen and oxygen atoms in total. The van der Waals surface area contributed by atoms with Crippen LogP contribution < -0.4 is 5.32 Å². The molecule has 1 amide bonds. The molecule has 0 bridgehead atoms. The molecule has 4 rings (SSSR count). The molecule has 0 spiro atoms. The van der Waals surface area contributed by atoms with E-state index in [0.717, 1.165) is 16.8 Å². The van der Waals surface area contributed by atoms with Crippen molar-refractivity contribution in [3.05, 3.63) is 96.1 Å². The lowest BCUT2D eigenvalue weighted by molar-refractivity contribution is -0.119. The maximum atomic E-state index is 12.5. The van der Waals surface area contributed by atoms with Gasteiger partial charge in [-0.15, -0.1) is 0 Å². The minimum Gasteiger partial charge on any atom is -0.507 e. The molecule has 0 saturated carbocycles. The van der Waals surface area contributed by atoms with E-state index in [-0.39, 0.29) is 11.3 Å². The topological polar surface area (TPSA) is 93.5 Å². The molecule has 160 valence electrons. The van der Waals surface area contributed by atoms with Crippen LogP contribution in [0.15, 0.2) is 84.9 Å². The number of hydrogen-bond acceptors (Lipinski definition) is 5. The zero-order chi connectivity index (χ0) is 22.5. The summed E-state index contributed by atoms with van der Waals surface area (Å²) in [5.41, 5.74) is 3.17. The number of aromatic hydroxyl groups is 1. The molecule has 2 N–H and O–H groups in total. The number of aromatic nitrogens is 2. The number of esters is 1. The Kier molecular flexibility index (Phi) is 5.98. The summed E-state index contributed by atoms with van der Waals surface area (Å²) in [6, 6.07) is 25.3. The molecular weight excluding hydrogens is 406 g/mol. The first-order chi connectivity index (χ1) is 15.5. The van der Waals surface area contributed by atoms with E-state index in [1.54, 1.807) is 23.7 Å². The Morgan fingerprint density at radius 3 is 2.34 bits per heavy atom. The maximum absolute atomic E-state index is 12.5. The van der Waals surface area contributed by atoms with Crippen LogP contribution in [0.25, 0.3) is 16.9 Å². The van der Waals surface area contributed by atoms with Gasteiger partial charge in [-0.05, 0) is 36.8 Å². The fourth-order valence-corrected chi connectivity index (χ4v) is 3.19. The molecule has 1 aromatic heterocycles. The third kappa shape index (κ3) is 4.67. The second kappa shape index (κ2) is 9.18. The largest absolute Gasteiger partial charge is 0.507 e. The van der Waals surface area contributed by atoms with Gasteiger partial charge in [0.05, 0.1) is 11.4 Å². The number of hydrogen-bond donors (Lipinski definition) is 2. The first kappa shape index (κ1) is 20.9. The predicted molar refractivity (Wildman–Crippen MR) is 121 cm³/mol. The smallest absolute Gasteiger partial charge is 0.342 e. The van der Waals surface area contributed by atoms with Crippen LogP contribution >= 0.6 is 0 Å². The highest BCUT2D eigenvalue weighted by Gasteiger charge is 2.17. The number of para-hydroxylation sites is 1. The molecule has 32 heavy (non-hydrogen) atoms. The molecule has 3 aromatic carbocycles. The normalized spacial score (nSPS) is 10.5. The Hall–Kier alpha value is -4.39. The van der Waals surface area contributed by atoms with Gasteiger partial charge < -0.3 is 15.2 Å². The molecule has 0 unspecified atom stereocenters. The van der Waals surface area contributed by atoms with Gasteiger partial charge in [0.1, 0.15) is 17.1 Å². The van der Waals surface area contributed by atoms with Gasteiger partial charge in [0, 0.05) is 11.6 Å². The Bertz CT molecular complexity index is 1250. The van der Waals surface area contributed by atoms with Crippen molar-refractivity contribution >= 4 is 17.7 Å². The van der Waals surface area contributed by atoms with Gasteiger partial charge in [-0.3, -0.25) is 4.79 Å². The zero-order valence-corrected chi connectivity index (χ0v) is 17.4. The molecule has 7 heteroatoms. The Labute approximate surface area is 184 Å². The van der Waals surface area contributed by atoms with E-state index >= 15 is 0 Å². The van der Waals surface area contributed by atoms with Gasteiger partial charge in [0.15, 0.2) is 6.61 Å². The number of carbonyl (C=O) groups is 2. The Morgan fingerprint density at radius 1 is 0.969 bits per heavy atom. The first-order valence-electron chi connectivity index (χ1n) is 9.99. The Balaban J connectivity index is 1.52. The van der Waals surface area contributed by atoms with Crippen molar-refractivity contribution in [2.45, 2.75) is 6.92 Å². The highest BCUT2D eigenvalue weighted by atomic mass is 16.5. The van der Waals surface area contributed by atoms with E-state index in [1.165, 1.54) is 12.1 Å². The van der Waals surface area contributed by atoms with Crippen LogP contribution in [-0.2, 0) is 9.53 Å². The lowest BCUT2D eigenvalue weighted by Crippen LogP contribution is -2.22. The summed E-state index contributed by atoms with van der Waals surface area (Å²) >= 11 is 0.